The fourth-order valence-corrected chi connectivity index (χ4v) is 1.89. The summed E-state index contributed by atoms with van der Waals surface area (Å²) in [6.07, 6.45) is 0.492. The van der Waals surface area contributed by atoms with Gasteiger partial charge in [0.05, 0.1) is 6.61 Å². The molecule has 17 heavy (non-hydrogen) atoms. The zero-order chi connectivity index (χ0) is 12.5. The van der Waals surface area contributed by atoms with Gasteiger partial charge in [0.2, 0.25) is 5.91 Å². The Labute approximate surface area is 99.2 Å². The number of amides is 1. The Morgan fingerprint density at radius 2 is 2.35 bits per heavy atom. The van der Waals surface area contributed by atoms with E-state index in [4.69, 9.17) is 10.5 Å². The number of hydrogen-bond acceptors (Lipinski definition) is 3. The maximum absolute atomic E-state index is 13.1. The van der Waals surface area contributed by atoms with Gasteiger partial charge in [0.25, 0.3) is 0 Å². The monoisotopic (exact) mass is 238 g/mol. The summed E-state index contributed by atoms with van der Waals surface area (Å²) in [5, 5.41) is 0. The van der Waals surface area contributed by atoms with E-state index >= 15 is 0 Å². The fourth-order valence-electron chi connectivity index (χ4n) is 1.89. The number of carbonyl (C=O) groups excluding carboxylic acids is 1. The molecule has 0 bridgehead atoms. The van der Waals surface area contributed by atoms with E-state index in [0.717, 1.165) is 0 Å². The van der Waals surface area contributed by atoms with E-state index in [1.165, 1.54) is 17.0 Å². The lowest BCUT2D eigenvalue weighted by atomic mass is 9.98. The second-order valence-electron chi connectivity index (χ2n) is 4.30. The third-order valence-electron chi connectivity index (χ3n) is 2.98. The Balaban J connectivity index is 2.20. The summed E-state index contributed by atoms with van der Waals surface area (Å²) in [4.78, 5) is 13.6. The Morgan fingerprint density at radius 1 is 1.59 bits per heavy atom. The molecule has 1 aliphatic rings. The number of carbonyl (C=O) groups is 1. The molecule has 0 spiro atoms. The molecule has 1 aliphatic heterocycles. The molecule has 1 unspecified atom stereocenters. The van der Waals surface area contributed by atoms with E-state index < -0.39 is 5.54 Å². The molecular formula is C12H15FN2O2. The van der Waals surface area contributed by atoms with Crippen LogP contribution in [0.2, 0.25) is 0 Å². The maximum atomic E-state index is 13.1. The highest BCUT2D eigenvalue weighted by molar-refractivity contribution is 6.00. The van der Waals surface area contributed by atoms with E-state index in [0.29, 0.717) is 18.7 Å². The van der Waals surface area contributed by atoms with Crippen molar-refractivity contribution >= 4 is 11.6 Å². The summed E-state index contributed by atoms with van der Waals surface area (Å²) in [6, 6.07) is 5.86. The SMILES string of the molecule is CN(C(=O)C1(N)CCOC1)c1cccc(F)c1. The predicted octanol–water partition coefficient (Wildman–Crippen LogP) is 0.906. The molecule has 1 atom stereocenters. The zero-order valence-corrected chi connectivity index (χ0v) is 9.65. The summed E-state index contributed by atoms with van der Waals surface area (Å²) in [7, 11) is 1.59. The number of likely N-dealkylation sites (N-methyl/N-ethyl adjacent to an activating group) is 1. The topological polar surface area (TPSA) is 55.6 Å². The van der Waals surface area contributed by atoms with Crippen LogP contribution in [0.3, 0.4) is 0 Å². The van der Waals surface area contributed by atoms with Gasteiger partial charge >= 0.3 is 0 Å². The van der Waals surface area contributed by atoms with E-state index in [9.17, 15) is 9.18 Å². The first-order valence-corrected chi connectivity index (χ1v) is 5.43. The van der Waals surface area contributed by atoms with Crippen LogP contribution < -0.4 is 10.6 Å². The molecule has 5 heteroatoms. The number of rotatable bonds is 2. The summed E-state index contributed by atoms with van der Waals surface area (Å²) in [6.45, 7) is 0.699. The third-order valence-corrected chi connectivity index (χ3v) is 2.98. The van der Waals surface area contributed by atoms with Gasteiger partial charge in [0, 0.05) is 19.3 Å². The molecule has 0 aliphatic carbocycles. The molecule has 92 valence electrons. The van der Waals surface area contributed by atoms with Crippen molar-refractivity contribution in [3.8, 4) is 0 Å². The molecule has 1 amide bonds. The van der Waals surface area contributed by atoms with Crippen LogP contribution in [-0.4, -0.2) is 31.7 Å². The largest absolute Gasteiger partial charge is 0.379 e. The quantitative estimate of drug-likeness (QED) is 0.833. The number of nitrogens with zero attached hydrogens (tertiary/aromatic N) is 1. The number of nitrogens with two attached hydrogens (primary N) is 1. The van der Waals surface area contributed by atoms with Crippen LogP contribution in [-0.2, 0) is 9.53 Å². The maximum Gasteiger partial charge on any atom is 0.249 e. The van der Waals surface area contributed by atoms with E-state index in [1.807, 2.05) is 0 Å². The van der Waals surface area contributed by atoms with Crippen LogP contribution in [0.25, 0.3) is 0 Å². The zero-order valence-electron chi connectivity index (χ0n) is 9.65. The fraction of sp³-hybridized carbons (Fsp3) is 0.417. The summed E-state index contributed by atoms with van der Waals surface area (Å²) in [5.74, 6) is -0.628. The van der Waals surface area contributed by atoms with Crippen molar-refractivity contribution in [2.75, 3.05) is 25.2 Å². The Kier molecular flexibility index (Phi) is 3.13. The van der Waals surface area contributed by atoms with Gasteiger partial charge in [-0.3, -0.25) is 4.79 Å². The minimum atomic E-state index is -0.985. The average molecular weight is 238 g/mol. The first-order chi connectivity index (χ1) is 8.03. The van der Waals surface area contributed by atoms with Crippen LogP contribution in [0.1, 0.15) is 6.42 Å². The summed E-state index contributed by atoms with van der Waals surface area (Å²) in [5.41, 5.74) is 5.48. The van der Waals surface area contributed by atoms with Crippen LogP contribution in [0, 0.1) is 5.82 Å². The number of hydrogen-bond donors (Lipinski definition) is 1. The van der Waals surface area contributed by atoms with Gasteiger partial charge in [-0.05, 0) is 24.6 Å². The number of ether oxygens (including phenoxy) is 1. The van der Waals surface area contributed by atoms with Crippen molar-refractivity contribution < 1.29 is 13.9 Å². The molecule has 1 aromatic carbocycles. The van der Waals surface area contributed by atoms with Gasteiger partial charge in [-0.25, -0.2) is 4.39 Å². The lowest BCUT2D eigenvalue weighted by molar-refractivity contribution is -0.123. The molecule has 1 aromatic rings. The molecule has 0 radical (unpaired) electrons. The number of benzene rings is 1. The van der Waals surface area contributed by atoms with Crippen LogP contribution in [0.15, 0.2) is 24.3 Å². The molecule has 1 saturated heterocycles. The number of halogens is 1. The predicted molar refractivity (Wildman–Crippen MR) is 62.2 cm³/mol. The smallest absolute Gasteiger partial charge is 0.249 e. The molecule has 1 heterocycles. The van der Waals surface area contributed by atoms with Gasteiger partial charge in [0.15, 0.2) is 0 Å². The Morgan fingerprint density at radius 3 is 2.94 bits per heavy atom. The standard InChI is InChI=1S/C12H15FN2O2/c1-15(10-4-2-3-9(13)7-10)11(16)12(14)5-6-17-8-12/h2-4,7H,5-6,8,14H2,1H3. The molecule has 0 saturated carbocycles. The Hall–Kier alpha value is -1.46. The highest BCUT2D eigenvalue weighted by Gasteiger charge is 2.40. The van der Waals surface area contributed by atoms with Crippen molar-refractivity contribution in [1.82, 2.24) is 0 Å². The molecule has 1 fully saturated rings. The molecule has 2 N–H and O–H groups in total. The van der Waals surface area contributed by atoms with Crippen molar-refractivity contribution in [3.63, 3.8) is 0 Å². The first-order valence-electron chi connectivity index (χ1n) is 5.43. The van der Waals surface area contributed by atoms with E-state index in [2.05, 4.69) is 0 Å². The van der Waals surface area contributed by atoms with Crippen molar-refractivity contribution in [2.24, 2.45) is 5.73 Å². The number of anilines is 1. The van der Waals surface area contributed by atoms with Gasteiger partial charge in [-0.15, -0.1) is 0 Å². The first kappa shape index (κ1) is 12.0. The lowest BCUT2D eigenvalue weighted by Gasteiger charge is -2.27. The second kappa shape index (κ2) is 4.43. The van der Waals surface area contributed by atoms with Gasteiger partial charge in [-0.2, -0.15) is 0 Å². The van der Waals surface area contributed by atoms with Crippen LogP contribution >= 0.6 is 0 Å². The lowest BCUT2D eigenvalue weighted by Crippen LogP contribution is -2.55. The molecule has 0 aromatic heterocycles. The van der Waals surface area contributed by atoms with E-state index in [1.54, 1.807) is 19.2 Å². The third kappa shape index (κ3) is 2.30. The summed E-state index contributed by atoms with van der Waals surface area (Å²) >= 11 is 0. The molecule has 2 rings (SSSR count). The van der Waals surface area contributed by atoms with Crippen molar-refractivity contribution in [1.29, 1.82) is 0 Å². The Bertz CT molecular complexity index is 430. The normalized spacial score (nSPS) is 23.7. The van der Waals surface area contributed by atoms with E-state index in [-0.39, 0.29) is 18.3 Å². The van der Waals surface area contributed by atoms with Gasteiger partial charge in [0.1, 0.15) is 11.4 Å². The summed E-state index contributed by atoms with van der Waals surface area (Å²) < 4.78 is 18.2. The molecular weight excluding hydrogens is 223 g/mol. The molecule has 4 nitrogen and oxygen atoms in total. The van der Waals surface area contributed by atoms with Crippen molar-refractivity contribution in [3.05, 3.63) is 30.1 Å². The minimum Gasteiger partial charge on any atom is -0.379 e. The highest BCUT2D eigenvalue weighted by atomic mass is 19.1. The second-order valence-corrected chi connectivity index (χ2v) is 4.30. The van der Waals surface area contributed by atoms with Crippen LogP contribution in [0.4, 0.5) is 10.1 Å². The highest BCUT2D eigenvalue weighted by Crippen LogP contribution is 2.22. The van der Waals surface area contributed by atoms with Crippen LogP contribution in [0.5, 0.6) is 0 Å². The van der Waals surface area contributed by atoms with Crippen molar-refractivity contribution in [2.45, 2.75) is 12.0 Å². The van der Waals surface area contributed by atoms with Gasteiger partial charge < -0.3 is 15.4 Å². The minimum absolute atomic E-state index is 0.214. The average Bonchev–Trinajstić information content (AvgIpc) is 2.75. The van der Waals surface area contributed by atoms with Gasteiger partial charge in [-0.1, -0.05) is 6.07 Å².